The fourth-order valence-electron chi connectivity index (χ4n) is 1.73. The molecule has 1 atom stereocenters. The van der Waals surface area contributed by atoms with E-state index >= 15 is 0 Å². The summed E-state index contributed by atoms with van der Waals surface area (Å²) in [6.07, 6.45) is 0. The lowest BCUT2D eigenvalue weighted by atomic mass is 10.1. The highest BCUT2D eigenvalue weighted by atomic mass is 16.3. The van der Waals surface area contributed by atoms with Crippen LogP contribution < -0.4 is 10.2 Å². The third-order valence-electron chi connectivity index (χ3n) is 3.03. The summed E-state index contributed by atoms with van der Waals surface area (Å²) in [5.41, 5.74) is 1.79. The molecule has 1 aromatic carbocycles. The quantitative estimate of drug-likeness (QED) is 0.753. The molecule has 1 aliphatic heterocycles. The summed E-state index contributed by atoms with van der Waals surface area (Å²) in [6.45, 7) is 1.93. The minimum Gasteiger partial charge on any atom is -0.394 e. The van der Waals surface area contributed by atoms with Crippen LogP contribution in [0.4, 0.5) is 11.4 Å². The average molecular weight is 234 g/mol. The summed E-state index contributed by atoms with van der Waals surface area (Å²) in [5.74, 6) is -1.08. The van der Waals surface area contributed by atoms with Gasteiger partial charge in [0.2, 0.25) is 0 Å². The van der Waals surface area contributed by atoms with E-state index in [1.54, 1.807) is 18.2 Å². The number of rotatable bonds is 3. The maximum absolute atomic E-state index is 11.4. The van der Waals surface area contributed by atoms with Crippen LogP contribution in [0.3, 0.4) is 0 Å². The van der Waals surface area contributed by atoms with Gasteiger partial charge in [-0.15, -0.1) is 0 Å². The Balaban J connectivity index is 2.33. The summed E-state index contributed by atoms with van der Waals surface area (Å²) in [6, 6.07) is 5.11. The normalized spacial score (nSPS) is 15.5. The average Bonchev–Trinajstić information content (AvgIpc) is 2.62. The van der Waals surface area contributed by atoms with Crippen molar-refractivity contribution < 1.29 is 14.7 Å². The molecule has 0 bridgehead atoms. The van der Waals surface area contributed by atoms with E-state index in [0.29, 0.717) is 11.3 Å². The minimum absolute atomic E-state index is 0.0270. The van der Waals surface area contributed by atoms with Gasteiger partial charge in [0, 0.05) is 18.8 Å². The molecule has 1 heterocycles. The third kappa shape index (κ3) is 1.89. The lowest BCUT2D eigenvalue weighted by molar-refractivity contribution is -0.112. The molecule has 1 aliphatic rings. The van der Waals surface area contributed by atoms with Crippen LogP contribution in [0.25, 0.3) is 0 Å². The topological polar surface area (TPSA) is 69.6 Å². The van der Waals surface area contributed by atoms with Gasteiger partial charge in [0.05, 0.1) is 17.9 Å². The van der Waals surface area contributed by atoms with Crippen molar-refractivity contribution in [3.8, 4) is 0 Å². The van der Waals surface area contributed by atoms with E-state index < -0.39 is 11.7 Å². The standard InChI is InChI=1S/C12H14N2O3/c1-7(6-15)14(2)8-3-4-9-10(5-8)13-12(17)11(9)16/h3-5,7,15H,6H2,1-2H3,(H,13,16,17). The maximum Gasteiger partial charge on any atom is 0.296 e. The SMILES string of the molecule is CC(CO)N(C)c1ccc2c(c1)NC(=O)C2=O. The van der Waals surface area contributed by atoms with Gasteiger partial charge in [-0.2, -0.15) is 0 Å². The van der Waals surface area contributed by atoms with E-state index in [-0.39, 0.29) is 12.6 Å². The van der Waals surface area contributed by atoms with Gasteiger partial charge in [-0.1, -0.05) is 0 Å². The largest absolute Gasteiger partial charge is 0.394 e. The number of anilines is 2. The van der Waals surface area contributed by atoms with E-state index in [9.17, 15) is 9.59 Å². The Hall–Kier alpha value is -1.88. The van der Waals surface area contributed by atoms with Gasteiger partial charge >= 0.3 is 0 Å². The van der Waals surface area contributed by atoms with Crippen molar-refractivity contribution in [3.63, 3.8) is 0 Å². The Kier molecular flexibility index (Phi) is 2.85. The smallest absolute Gasteiger partial charge is 0.296 e. The molecule has 17 heavy (non-hydrogen) atoms. The maximum atomic E-state index is 11.4. The fourth-order valence-corrected chi connectivity index (χ4v) is 1.73. The van der Waals surface area contributed by atoms with Gasteiger partial charge in [0.15, 0.2) is 0 Å². The molecule has 1 unspecified atom stereocenters. The first kappa shape index (κ1) is 11.6. The number of nitrogens with one attached hydrogen (secondary N) is 1. The summed E-state index contributed by atoms with van der Waals surface area (Å²) < 4.78 is 0. The van der Waals surface area contributed by atoms with Crippen LogP contribution >= 0.6 is 0 Å². The Bertz CT molecular complexity index is 485. The molecule has 5 nitrogen and oxygen atoms in total. The van der Waals surface area contributed by atoms with Crippen molar-refractivity contribution in [1.82, 2.24) is 0 Å². The monoisotopic (exact) mass is 234 g/mol. The van der Waals surface area contributed by atoms with Gasteiger partial charge in [0.25, 0.3) is 11.7 Å². The van der Waals surface area contributed by atoms with Crippen molar-refractivity contribution >= 4 is 23.1 Å². The molecular formula is C12H14N2O3. The van der Waals surface area contributed by atoms with Crippen LogP contribution in [0, 0.1) is 0 Å². The molecule has 0 saturated carbocycles. The van der Waals surface area contributed by atoms with Crippen LogP contribution in [0.5, 0.6) is 0 Å². The second kappa shape index (κ2) is 4.18. The summed E-state index contributed by atoms with van der Waals surface area (Å²) in [4.78, 5) is 24.5. The highest BCUT2D eigenvalue weighted by molar-refractivity contribution is 6.51. The van der Waals surface area contributed by atoms with Crippen molar-refractivity contribution in [2.24, 2.45) is 0 Å². The Morgan fingerprint density at radius 1 is 1.41 bits per heavy atom. The van der Waals surface area contributed by atoms with Crippen LogP contribution in [0.15, 0.2) is 18.2 Å². The minimum atomic E-state index is -0.588. The second-order valence-electron chi connectivity index (χ2n) is 4.16. The molecule has 5 heteroatoms. The second-order valence-corrected chi connectivity index (χ2v) is 4.16. The van der Waals surface area contributed by atoms with E-state index in [0.717, 1.165) is 5.69 Å². The number of aliphatic hydroxyl groups is 1. The molecular weight excluding hydrogens is 220 g/mol. The molecule has 2 N–H and O–H groups in total. The molecule has 90 valence electrons. The van der Waals surface area contributed by atoms with Crippen molar-refractivity contribution in [2.75, 3.05) is 23.9 Å². The number of carbonyl (C=O) groups is 2. The zero-order valence-corrected chi connectivity index (χ0v) is 9.73. The number of Topliss-reactive ketones (excluding diaryl/α,β-unsaturated/α-hetero) is 1. The van der Waals surface area contributed by atoms with Gasteiger partial charge < -0.3 is 15.3 Å². The van der Waals surface area contributed by atoms with Crippen LogP contribution in [-0.2, 0) is 4.79 Å². The number of nitrogens with zero attached hydrogens (tertiary/aromatic N) is 1. The lowest BCUT2D eigenvalue weighted by Crippen LogP contribution is -2.31. The molecule has 0 aromatic heterocycles. The summed E-state index contributed by atoms with van der Waals surface area (Å²) in [5, 5.41) is 11.6. The Labute approximate surface area is 99.0 Å². The van der Waals surface area contributed by atoms with Crippen molar-refractivity contribution in [2.45, 2.75) is 13.0 Å². The predicted octanol–water partition coefficient (Wildman–Crippen LogP) is 0.638. The zero-order chi connectivity index (χ0) is 12.6. The Morgan fingerprint density at radius 2 is 2.12 bits per heavy atom. The van der Waals surface area contributed by atoms with Crippen LogP contribution in [-0.4, -0.2) is 36.5 Å². The van der Waals surface area contributed by atoms with Gasteiger partial charge in [-0.25, -0.2) is 0 Å². The Morgan fingerprint density at radius 3 is 2.76 bits per heavy atom. The number of aliphatic hydroxyl groups excluding tert-OH is 1. The highest BCUT2D eigenvalue weighted by Gasteiger charge is 2.28. The van der Waals surface area contributed by atoms with Crippen molar-refractivity contribution in [1.29, 1.82) is 0 Å². The van der Waals surface area contributed by atoms with Gasteiger partial charge in [-0.3, -0.25) is 9.59 Å². The molecule has 0 fully saturated rings. The zero-order valence-electron chi connectivity index (χ0n) is 9.73. The highest BCUT2D eigenvalue weighted by Crippen LogP contribution is 2.28. The van der Waals surface area contributed by atoms with E-state index in [2.05, 4.69) is 5.32 Å². The molecule has 0 spiro atoms. The number of benzene rings is 1. The first-order chi connectivity index (χ1) is 8.04. The number of amides is 1. The van der Waals surface area contributed by atoms with E-state index in [1.807, 2.05) is 18.9 Å². The molecule has 1 amide bonds. The van der Waals surface area contributed by atoms with Crippen LogP contribution in [0.1, 0.15) is 17.3 Å². The number of likely N-dealkylation sites (N-methyl/N-ethyl adjacent to an activating group) is 1. The van der Waals surface area contributed by atoms with E-state index in [1.165, 1.54) is 0 Å². The fraction of sp³-hybridized carbons (Fsp3) is 0.333. The number of ketones is 1. The number of hydrogen-bond donors (Lipinski definition) is 2. The molecule has 2 rings (SSSR count). The van der Waals surface area contributed by atoms with Crippen LogP contribution in [0.2, 0.25) is 0 Å². The van der Waals surface area contributed by atoms with Gasteiger partial charge in [0.1, 0.15) is 0 Å². The molecule has 0 aliphatic carbocycles. The first-order valence-corrected chi connectivity index (χ1v) is 5.38. The summed E-state index contributed by atoms with van der Waals surface area (Å²) in [7, 11) is 1.85. The predicted molar refractivity (Wildman–Crippen MR) is 64.4 cm³/mol. The molecule has 1 aromatic rings. The third-order valence-corrected chi connectivity index (χ3v) is 3.03. The number of fused-ring (bicyclic) bond motifs is 1. The molecule has 0 radical (unpaired) electrons. The van der Waals surface area contributed by atoms with Crippen molar-refractivity contribution in [3.05, 3.63) is 23.8 Å². The lowest BCUT2D eigenvalue weighted by Gasteiger charge is -2.25. The number of hydrogen-bond acceptors (Lipinski definition) is 4. The van der Waals surface area contributed by atoms with Gasteiger partial charge in [-0.05, 0) is 25.1 Å². The van der Waals surface area contributed by atoms with E-state index in [4.69, 9.17) is 5.11 Å². The number of carbonyl (C=O) groups excluding carboxylic acids is 2. The summed E-state index contributed by atoms with van der Waals surface area (Å²) >= 11 is 0. The molecule has 0 saturated heterocycles. The first-order valence-electron chi connectivity index (χ1n) is 5.38.